The van der Waals surface area contributed by atoms with E-state index in [-0.39, 0.29) is 5.91 Å². The van der Waals surface area contributed by atoms with Gasteiger partial charge in [0.15, 0.2) is 5.69 Å². The summed E-state index contributed by atoms with van der Waals surface area (Å²) in [5, 5.41) is 19.1. The summed E-state index contributed by atoms with van der Waals surface area (Å²) >= 11 is 0. The van der Waals surface area contributed by atoms with Crippen molar-refractivity contribution in [2.24, 2.45) is 0 Å². The Bertz CT molecular complexity index is 971. The van der Waals surface area contributed by atoms with Gasteiger partial charge in [0.2, 0.25) is 0 Å². The first kappa shape index (κ1) is 19.1. The average Bonchev–Trinajstić information content (AvgIpc) is 3.39. The van der Waals surface area contributed by atoms with Crippen LogP contribution >= 0.6 is 0 Å². The highest BCUT2D eigenvalue weighted by atomic mass is 16.5. The minimum absolute atomic E-state index is 0.235. The third-order valence-corrected chi connectivity index (χ3v) is 5.21. The Hall–Kier alpha value is -3.20. The van der Waals surface area contributed by atoms with E-state index in [4.69, 9.17) is 4.74 Å². The van der Waals surface area contributed by atoms with Crippen LogP contribution in [0.5, 0.6) is 5.75 Å². The summed E-state index contributed by atoms with van der Waals surface area (Å²) in [5.41, 5.74) is 2.86. The van der Waals surface area contributed by atoms with Gasteiger partial charge in [0, 0.05) is 6.20 Å². The molecule has 29 heavy (non-hydrogen) atoms. The highest BCUT2D eigenvalue weighted by Crippen LogP contribution is 2.20. The first-order valence-corrected chi connectivity index (χ1v) is 9.75. The normalized spacial score (nSPS) is 14.7. The number of carbonyl (C=O) groups is 1. The Morgan fingerprint density at radius 2 is 2.00 bits per heavy atom. The Labute approximate surface area is 169 Å². The molecule has 1 amide bonds. The lowest BCUT2D eigenvalue weighted by molar-refractivity contribution is 0.0944. The summed E-state index contributed by atoms with van der Waals surface area (Å²) in [5.74, 6) is 0.558. The van der Waals surface area contributed by atoms with E-state index < -0.39 is 0 Å². The first-order chi connectivity index (χ1) is 14.2. The molecule has 1 aliphatic heterocycles. The molecule has 152 valence electrons. The monoisotopic (exact) mass is 395 g/mol. The SMILES string of the molecule is COc1ccc(-n2ccc(CNC(=O)c3nnn(C4CCNCC4)c3C)n2)cc1. The average molecular weight is 395 g/mol. The van der Waals surface area contributed by atoms with Crippen molar-refractivity contribution in [3.05, 3.63) is 53.6 Å². The molecule has 9 nitrogen and oxygen atoms in total. The van der Waals surface area contributed by atoms with Crippen molar-refractivity contribution in [1.82, 2.24) is 35.4 Å². The summed E-state index contributed by atoms with van der Waals surface area (Å²) in [6.45, 7) is 4.14. The Kier molecular flexibility index (Phi) is 5.57. The standard InChI is InChI=1S/C20H25N7O2/c1-14-19(23-25-27(14)17-7-10-21-11-8-17)20(28)22-13-15-9-12-26(24-15)16-3-5-18(29-2)6-4-16/h3-6,9,12,17,21H,7-8,10-11,13H2,1-2H3,(H,22,28). The minimum atomic E-state index is -0.235. The molecule has 2 aromatic heterocycles. The smallest absolute Gasteiger partial charge is 0.274 e. The van der Waals surface area contributed by atoms with Crippen LogP contribution < -0.4 is 15.4 Å². The zero-order chi connectivity index (χ0) is 20.2. The van der Waals surface area contributed by atoms with Crippen LogP contribution in [0.1, 0.15) is 40.8 Å². The van der Waals surface area contributed by atoms with E-state index in [1.54, 1.807) is 11.8 Å². The third kappa shape index (κ3) is 4.14. The van der Waals surface area contributed by atoms with Crippen molar-refractivity contribution in [2.45, 2.75) is 32.4 Å². The number of nitrogens with one attached hydrogen (secondary N) is 2. The number of piperidine rings is 1. The van der Waals surface area contributed by atoms with E-state index in [2.05, 4.69) is 26.0 Å². The van der Waals surface area contributed by atoms with Gasteiger partial charge < -0.3 is 15.4 Å². The van der Waals surface area contributed by atoms with Gasteiger partial charge in [-0.05, 0) is 63.2 Å². The van der Waals surface area contributed by atoms with Gasteiger partial charge in [-0.15, -0.1) is 5.10 Å². The zero-order valence-electron chi connectivity index (χ0n) is 16.6. The fraction of sp³-hybridized carbons (Fsp3) is 0.400. The molecule has 0 unspecified atom stereocenters. The highest BCUT2D eigenvalue weighted by Gasteiger charge is 2.22. The van der Waals surface area contributed by atoms with Gasteiger partial charge in [-0.1, -0.05) is 5.21 Å². The van der Waals surface area contributed by atoms with Gasteiger partial charge >= 0.3 is 0 Å². The lowest BCUT2D eigenvalue weighted by atomic mass is 10.1. The van der Waals surface area contributed by atoms with Crippen LogP contribution in [-0.2, 0) is 6.54 Å². The van der Waals surface area contributed by atoms with E-state index in [1.165, 1.54) is 0 Å². The number of amides is 1. The van der Waals surface area contributed by atoms with Gasteiger partial charge in [0.1, 0.15) is 5.75 Å². The van der Waals surface area contributed by atoms with Crippen molar-refractivity contribution in [3.63, 3.8) is 0 Å². The number of aromatic nitrogens is 5. The summed E-state index contributed by atoms with van der Waals surface area (Å²) in [4.78, 5) is 12.6. The number of nitrogens with zero attached hydrogens (tertiary/aromatic N) is 5. The molecule has 1 saturated heterocycles. The number of hydrogen-bond acceptors (Lipinski definition) is 6. The third-order valence-electron chi connectivity index (χ3n) is 5.21. The molecule has 3 heterocycles. The first-order valence-electron chi connectivity index (χ1n) is 9.75. The summed E-state index contributed by atoms with van der Waals surface area (Å²) in [6.07, 6.45) is 3.85. The zero-order valence-corrected chi connectivity index (χ0v) is 16.6. The fourth-order valence-corrected chi connectivity index (χ4v) is 3.54. The molecule has 4 rings (SSSR count). The second kappa shape index (κ2) is 8.44. The Balaban J connectivity index is 1.38. The highest BCUT2D eigenvalue weighted by molar-refractivity contribution is 5.93. The molecule has 0 spiro atoms. The van der Waals surface area contributed by atoms with Gasteiger partial charge in [-0.25, -0.2) is 9.36 Å². The molecule has 2 N–H and O–H groups in total. The number of carbonyl (C=O) groups excluding carboxylic acids is 1. The van der Waals surface area contributed by atoms with Crippen LogP contribution in [0.3, 0.4) is 0 Å². The van der Waals surface area contributed by atoms with Crippen LogP contribution in [0.4, 0.5) is 0 Å². The maximum absolute atomic E-state index is 12.6. The largest absolute Gasteiger partial charge is 0.497 e. The van der Waals surface area contributed by atoms with Crippen molar-refractivity contribution in [1.29, 1.82) is 0 Å². The molecule has 3 aromatic rings. The summed E-state index contributed by atoms with van der Waals surface area (Å²) < 4.78 is 8.82. The van der Waals surface area contributed by atoms with Crippen LogP contribution in [0.25, 0.3) is 5.69 Å². The molecule has 1 aromatic carbocycles. The maximum atomic E-state index is 12.6. The molecule has 0 bridgehead atoms. The number of benzene rings is 1. The lowest BCUT2D eigenvalue weighted by Crippen LogP contribution is -2.30. The van der Waals surface area contributed by atoms with Crippen LogP contribution in [-0.4, -0.2) is 50.9 Å². The van der Waals surface area contributed by atoms with Gasteiger partial charge in [0.05, 0.1) is 36.8 Å². The molecule has 0 saturated carbocycles. The van der Waals surface area contributed by atoms with E-state index in [1.807, 2.05) is 48.1 Å². The van der Waals surface area contributed by atoms with Crippen LogP contribution in [0.2, 0.25) is 0 Å². The van der Waals surface area contributed by atoms with Gasteiger partial charge in [0.25, 0.3) is 5.91 Å². The lowest BCUT2D eigenvalue weighted by Gasteiger charge is -2.23. The van der Waals surface area contributed by atoms with Crippen molar-refractivity contribution >= 4 is 5.91 Å². The van der Waals surface area contributed by atoms with E-state index in [0.29, 0.717) is 18.3 Å². The van der Waals surface area contributed by atoms with E-state index >= 15 is 0 Å². The maximum Gasteiger partial charge on any atom is 0.274 e. The molecular weight excluding hydrogens is 370 g/mol. The van der Waals surface area contributed by atoms with Crippen molar-refractivity contribution < 1.29 is 9.53 Å². The summed E-state index contributed by atoms with van der Waals surface area (Å²) in [7, 11) is 1.64. The topological polar surface area (TPSA) is 98.9 Å². The quantitative estimate of drug-likeness (QED) is 0.658. The second-order valence-corrected chi connectivity index (χ2v) is 7.08. The predicted octanol–water partition coefficient (Wildman–Crippen LogP) is 1.64. The molecule has 0 radical (unpaired) electrons. The van der Waals surface area contributed by atoms with Gasteiger partial charge in [-0.2, -0.15) is 5.10 Å². The van der Waals surface area contributed by atoms with Crippen LogP contribution in [0.15, 0.2) is 36.5 Å². The van der Waals surface area contributed by atoms with E-state index in [0.717, 1.165) is 48.8 Å². The summed E-state index contributed by atoms with van der Waals surface area (Å²) in [6, 6.07) is 9.79. The van der Waals surface area contributed by atoms with Gasteiger partial charge in [-0.3, -0.25) is 4.79 Å². The Morgan fingerprint density at radius 1 is 1.24 bits per heavy atom. The number of hydrogen-bond donors (Lipinski definition) is 2. The molecule has 0 atom stereocenters. The molecule has 1 aliphatic rings. The minimum Gasteiger partial charge on any atom is -0.497 e. The molecule has 9 heteroatoms. The molecular formula is C20H25N7O2. The fourth-order valence-electron chi connectivity index (χ4n) is 3.54. The number of methoxy groups -OCH3 is 1. The Morgan fingerprint density at radius 3 is 2.72 bits per heavy atom. The predicted molar refractivity (Wildman–Crippen MR) is 107 cm³/mol. The molecule has 1 fully saturated rings. The van der Waals surface area contributed by atoms with Crippen LogP contribution in [0, 0.1) is 6.92 Å². The number of rotatable bonds is 6. The number of ether oxygens (including phenoxy) is 1. The van der Waals surface area contributed by atoms with Crippen molar-refractivity contribution in [3.8, 4) is 11.4 Å². The molecule has 0 aliphatic carbocycles. The van der Waals surface area contributed by atoms with Crippen molar-refractivity contribution in [2.75, 3.05) is 20.2 Å². The second-order valence-electron chi connectivity index (χ2n) is 7.08. The van der Waals surface area contributed by atoms with E-state index in [9.17, 15) is 4.79 Å².